The van der Waals surface area contributed by atoms with Gasteiger partial charge in [-0.3, -0.25) is 14.4 Å². The van der Waals surface area contributed by atoms with E-state index in [2.05, 4.69) is 16.0 Å². The van der Waals surface area contributed by atoms with Crippen molar-refractivity contribution in [2.75, 3.05) is 18.5 Å². The highest BCUT2D eigenvalue weighted by Crippen LogP contribution is 2.42. The average Bonchev–Trinajstić information content (AvgIpc) is 3.67. The second-order valence-corrected chi connectivity index (χ2v) is 10.7. The van der Waals surface area contributed by atoms with Crippen LogP contribution in [0.1, 0.15) is 58.6 Å². The lowest BCUT2D eigenvalue weighted by Crippen LogP contribution is -2.67. The molecule has 1 aromatic heterocycles. The van der Waals surface area contributed by atoms with Gasteiger partial charge in [0.2, 0.25) is 11.4 Å². The first-order valence-electron chi connectivity index (χ1n) is 13.1. The van der Waals surface area contributed by atoms with E-state index in [-0.39, 0.29) is 42.5 Å². The molecule has 7 rings (SSSR count). The zero-order valence-electron chi connectivity index (χ0n) is 20.6. The summed E-state index contributed by atoms with van der Waals surface area (Å²) in [6, 6.07) is 9.78. The van der Waals surface area contributed by atoms with Crippen LogP contribution in [0.5, 0.6) is 5.75 Å². The minimum atomic E-state index is -1.60. The van der Waals surface area contributed by atoms with Crippen LogP contribution in [0.25, 0.3) is 11.0 Å². The van der Waals surface area contributed by atoms with Crippen LogP contribution < -0.4 is 20.7 Å². The topological polar surface area (TPSA) is 113 Å². The summed E-state index contributed by atoms with van der Waals surface area (Å²) in [5.41, 5.74) is -0.0652. The number of halogens is 1. The van der Waals surface area contributed by atoms with E-state index >= 15 is 0 Å². The number of carbonyl (C=O) groups is 3. The fourth-order valence-corrected chi connectivity index (χ4v) is 5.41. The van der Waals surface area contributed by atoms with Gasteiger partial charge in [-0.1, -0.05) is 6.07 Å². The minimum absolute atomic E-state index is 0.0147. The van der Waals surface area contributed by atoms with Crippen molar-refractivity contribution >= 4 is 34.4 Å². The van der Waals surface area contributed by atoms with E-state index in [1.54, 1.807) is 30.3 Å². The second-order valence-electron chi connectivity index (χ2n) is 10.7. The fourth-order valence-electron chi connectivity index (χ4n) is 5.41. The third-order valence-electron chi connectivity index (χ3n) is 8.07. The van der Waals surface area contributed by atoms with Gasteiger partial charge in [0.05, 0.1) is 5.39 Å². The van der Waals surface area contributed by atoms with E-state index in [4.69, 9.17) is 9.15 Å². The molecule has 2 aliphatic carbocycles. The molecule has 0 radical (unpaired) electrons. The van der Waals surface area contributed by atoms with Crippen LogP contribution in [0, 0.1) is 11.7 Å². The first kappa shape index (κ1) is 23.1. The van der Waals surface area contributed by atoms with Gasteiger partial charge < -0.3 is 30.0 Å². The highest BCUT2D eigenvalue weighted by molar-refractivity contribution is 6.07. The maximum absolute atomic E-state index is 14.6. The lowest BCUT2D eigenvalue weighted by atomic mass is 9.93. The quantitative estimate of drug-likeness (QED) is 0.487. The Labute approximate surface area is 217 Å². The van der Waals surface area contributed by atoms with Crippen LogP contribution in [0.15, 0.2) is 40.8 Å². The first-order valence-corrected chi connectivity index (χ1v) is 13.1. The third-order valence-corrected chi connectivity index (χ3v) is 8.07. The number of rotatable bonds is 4. The molecule has 10 heteroatoms. The summed E-state index contributed by atoms with van der Waals surface area (Å²) in [5.74, 6) is -1.16. The largest absolute Gasteiger partial charge is 0.484 e. The number of carbonyl (C=O) groups excluding carboxylic acids is 3. The van der Waals surface area contributed by atoms with Gasteiger partial charge in [0.1, 0.15) is 18.0 Å². The Balaban J connectivity index is 1.28. The van der Waals surface area contributed by atoms with Crippen molar-refractivity contribution in [2.45, 2.75) is 50.4 Å². The van der Waals surface area contributed by atoms with Crippen molar-refractivity contribution in [3.8, 4) is 5.75 Å². The zero-order valence-corrected chi connectivity index (χ0v) is 20.6. The van der Waals surface area contributed by atoms with Gasteiger partial charge in [0.25, 0.3) is 17.7 Å². The number of nitrogens with one attached hydrogen (secondary N) is 3. The minimum Gasteiger partial charge on any atom is -0.484 e. The number of ether oxygens (including phenoxy) is 1. The Bertz CT molecular complexity index is 1490. The van der Waals surface area contributed by atoms with Gasteiger partial charge in [-0.25, -0.2) is 4.39 Å². The number of hydrogen-bond acceptors (Lipinski definition) is 6. The number of nitrogens with zero attached hydrogens (tertiary/aromatic N) is 1. The maximum Gasteiger partial charge on any atom is 0.295 e. The van der Waals surface area contributed by atoms with Gasteiger partial charge in [0, 0.05) is 35.9 Å². The van der Waals surface area contributed by atoms with E-state index in [1.165, 1.54) is 11.0 Å². The normalized spacial score (nSPS) is 22.9. The van der Waals surface area contributed by atoms with Gasteiger partial charge >= 0.3 is 0 Å². The number of fused-ring (bicyclic) bond motifs is 4. The van der Waals surface area contributed by atoms with Crippen LogP contribution in [-0.4, -0.2) is 47.5 Å². The molecule has 0 saturated heterocycles. The van der Waals surface area contributed by atoms with E-state index in [0.717, 1.165) is 32.1 Å². The van der Waals surface area contributed by atoms with Crippen molar-refractivity contribution in [3.05, 3.63) is 59.1 Å². The molecular formula is C28H27FN4O5. The molecule has 4 aliphatic rings. The molecule has 0 bridgehead atoms. The number of hydrogen-bond donors (Lipinski definition) is 3. The van der Waals surface area contributed by atoms with Gasteiger partial charge in [0.15, 0.2) is 5.75 Å². The molecule has 1 atom stereocenters. The van der Waals surface area contributed by atoms with Crippen molar-refractivity contribution in [1.82, 2.24) is 15.5 Å². The van der Waals surface area contributed by atoms with Crippen LogP contribution in [0.4, 0.5) is 10.1 Å². The zero-order chi connectivity index (χ0) is 26.0. The predicted molar refractivity (Wildman–Crippen MR) is 135 cm³/mol. The highest BCUT2D eigenvalue weighted by atomic mass is 19.1. The van der Waals surface area contributed by atoms with E-state index in [0.29, 0.717) is 34.3 Å². The summed E-state index contributed by atoms with van der Waals surface area (Å²) in [4.78, 5) is 41.8. The van der Waals surface area contributed by atoms with Crippen molar-refractivity contribution in [3.63, 3.8) is 0 Å². The molecule has 1 spiro atoms. The Morgan fingerprint density at radius 1 is 1.16 bits per heavy atom. The van der Waals surface area contributed by atoms with Gasteiger partial charge in [-0.2, -0.15) is 0 Å². The Morgan fingerprint density at radius 2 is 2.00 bits per heavy atom. The second kappa shape index (κ2) is 8.47. The first-order chi connectivity index (χ1) is 18.4. The maximum atomic E-state index is 14.6. The summed E-state index contributed by atoms with van der Waals surface area (Å²) in [5, 5.41) is 9.51. The van der Waals surface area contributed by atoms with Gasteiger partial charge in [-0.05, 0) is 68.4 Å². The number of furan rings is 1. The molecule has 196 valence electrons. The predicted octanol–water partition coefficient (Wildman–Crippen LogP) is 3.54. The molecule has 38 heavy (non-hydrogen) atoms. The molecule has 2 aliphatic heterocycles. The highest BCUT2D eigenvalue weighted by Gasteiger charge is 2.54. The summed E-state index contributed by atoms with van der Waals surface area (Å²) in [7, 11) is 0. The smallest absolute Gasteiger partial charge is 0.295 e. The molecule has 2 saturated carbocycles. The SMILES string of the molecule is O=C(NC1CCC1)c1ccc2c3c(oc2c1)C(=O)N(CC1CC1)C1(CO3)Nc2cccc(F)c2CNC1=O. The lowest BCUT2D eigenvalue weighted by Gasteiger charge is -2.40. The number of benzene rings is 2. The molecule has 3 N–H and O–H groups in total. The molecule has 2 fully saturated rings. The standard InChI is InChI=1S/C28H27FN4O5/c29-20-5-2-6-21-19(20)12-30-27(36)28(32-21)14-37-23-18-10-9-16(25(34)31-17-3-1-4-17)11-22(18)38-24(23)26(35)33(28)13-15-7-8-15/h2,5-6,9-11,15,17,32H,1,3-4,7-8,12-14H2,(H,30,36)(H,31,34). The van der Waals surface area contributed by atoms with Crippen LogP contribution >= 0.6 is 0 Å². The van der Waals surface area contributed by atoms with Crippen LogP contribution in [0.3, 0.4) is 0 Å². The average molecular weight is 519 g/mol. The molecular weight excluding hydrogens is 491 g/mol. The summed E-state index contributed by atoms with van der Waals surface area (Å²) in [6.45, 7) is 0.0941. The van der Waals surface area contributed by atoms with Crippen LogP contribution in [0.2, 0.25) is 0 Å². The fraction of sp³-hybridized carbons (Fsp3) is 0.393. The van der Waals surface area contributed by atoms with E-state index in [9.17, 15) is 18.8 Å². The monoisotopic (exact) mass is 518 g/mol. The lowest BCUT2D eigenvalue weighted by molar-refractivity contribution is -0.132. The third kappa shape index (κ3) is 3.61. The molecule has 3 heterocycles. The van der Waals surface area contributed by atoms with Crippen LogP contribution in [-0.2, 0) is 11.3 Å². The number of anilines is 1. The Kier molecular flexibility index (Phi) is 5.14. The number of amides is 3. The van der Waals surface area contributed by atoms with Crippen molar-refractivity contribution in [1.29, 1.82) is 0 Å². The van der Waals surface area contributed by atoms with Gasteiger partial charge in [-0.15, -0.1) is 0 Å². The van der Waals surface area contributed by atoms with Crippen molar-refractivity contribution < 1.29 is 27.9 Å². The van der Waals surface area contributed by atoms with E-state index < -0.39 is 23.3 Å². The molecule has 9 nitrogen and oxygen atoms in total. The van der Waals surface area contributed by atoms with Crippen molar-refractivity contribution in [2.24, 2.45) is 5.92 Å². The molecule has 3 amide bonds. The molecule has 2 aromatic carbocycles. The Hall–Kier alpha value is -4.08. The summed E-state index contributed by atoms with van der Waals surface area (Å²) < 4.78 is 26.8. The summed E-state index contributed by atoms with van der Waals surface area (Å²) >= 11 is 0. The summed E-state index contributed by atoms with van der Waals surface area (Å²) in [6.07, 6.45) is 4.95. The Morgan fingerprint density at radius 3 is 2.76 bits per heavy atom. The van der Waals surface area contributed by atoms with E-state index in [1.807, 2.05) is 0 Å². The molecule has 1 unspecified atom stereocenters. The molecule has 3 aromatic rings.